The second-order valence-electron chi connectivity index (χ2n) is 7.58. The second-order valence-corrected chi connectivity index (χ2v) is 7.58. The van der Waals surface area contributed by atoms with E-state index >= 15 is 0 Å². The molecule has 0 radical (unpaired) electrons. The number of carbonyl (C=O) groups is 2. The van der Waals surface area contributed by atoms with E-state index in [0.29, 0.717) is 36.2 Å². The zero-order chi connectivity index (χ0) is 20.8. The van der Waals surface area contributed by atoms with Crippen LogP contribution in [0, 0.1) is 11.8 Å². The summed E-state index contributed by atoms with van der Waals surface area (Å²) in [5.41, 5.74) is 0.582. The van der Waals surface area contributed by atoms with E-state index < -0.39 is 11.9 Å². The topological polar surface area (TPSA) is 52.6 Å². The SMILES string of the molecule is CCCCC(CC)COC(=O)c1ccccc1C(=O)OCC(CC)CCCC.[Mo]. The minimum atomic E-state index is -0.444. The molecule has 1 rings (SSSR count). The molecule has 2 atom stereocenters. The van der Waals surface area contributed by atoms with Gasteiger partial charge in [0.05, 0.1) is 24.3 Å². The van der Waals surface area contributed by atoms with Gasteiger partial charge in [-0.25, -0.2) is 9.59 Å². The van der Waals surface area contributed by atoms with Crippen LogP contribution in [0.4, 0.5) is 0 Å². The Hall–Kier alpha value is -1.15. The van der Waals surface area contributed by atoms with Crippen LogP contribution in [0.15, 0.2) is 24.3 Å². The maximum atomic E-state index is 12.6. The van der Waals surface area contributed by atoms with Crippen molar-refractivity contribution in [2.75, 3.05) is 13.2 Å². The third-order valence-electron chi connectivity index (χ3n) is 5.35. The van der Waals surface area contributed by atoms with Gasteiger partial charge in [-0.05, 0) is 36.8 Å². The van der Waals surface area contributed by atoms with Crippen molar-refractivity contribution < 1.29 is 40.1 Å². The Bertz CT molecular complexity index is 537. The molecule has 0 fully saturated rings. The predicted octanol–water partition coefficient (Wildman–Crippen LogP) is 6.43. The molecule has 4 nitrogen and oxygen atoms in total. The number of rotatable bonds is 14. The Morgan fingerprint density at radius 2 is 1.14 bits per heavy atom. The van der Waals surface area contributed by atoms with E-state index in [0.717, 1.165) is 51.4 Å². The summed E-state index contributed by atoms with van der Waals surface area (Å²) in [5.74, 6) is -0.153. The molecule has 0 amide bonds. The van der Waals surface area contributed by atoms with E-state index in [-0.39, 0.29) is 21.1 Å². The summed E-state index contributed by atoms with van der Waals surface area (Å²) in [6.45, 7) is 9.34. The third kappa shape index (κ3) is 10.4. The van der Waals surface area contributed by atoms with Crippen LogP contribution >= 0.6 is 0 Å². The van der Waals surface area contributed by atoms with Crippen molar-refractivity contribution in [3.05, 3.63) is 35.4 Å². The Kier molecular flexibility index (Phi) is 16.0. The maximum Gasteiger partial charge on any atom is 0.339 e. The minimum absolute atomic E-state index is 0. The smallest absolute Gasteiger partial charge is 0.339 e. The van der Waals surface area contributed by atoms with Crippen LogP contribution in [0.2, 0.25) is 0 Å². The van der Waals surface area contributed by atoms with Crippen molar-refractivity contribution in [1.29, 1.82) is 0 Å². The molecule has 0 N–H and O–H groups in total. The minimum Gasteiger partial charge on any atom is -0.462 e. The number of benzene rings is 1. The fourth-order valence-electron chi connectivity index (χ4n) is 3.18. The molecule has 0 saturated carbocycles. The molecule has 0 spiro atoms. The number of esters is 2. The van der Waals surface area contributed by atoms with Gasteiger partial charge in [-0.1, -0.05) is 78.4 Å². The number of carbonyl (C=O) groups excluding carboxylic acids is 2. The van der Waals surface area contributed by atoms with E-state index in [4.69, 9.17) is 9.47 Å². The summed E-state index contributed by atoms with van der Waals surface area (Å²) in [6, 6.07) is 6.77. The molecule has 2 unspecified atom stereocenters. The number of hydrogen-bond acceptors (Lipinski definition) is 4. The summed E-state index contributed by atoms with van der Waals surface area (Å²) in [7, 11) is 0. The summed E-state index contributed by atoms with van der Waals surface area (Å²) in [5, 5.41) is 0. The van der Waals surface area contributed by atoms with E-state index in [1.165, 1.54) is 0 Å². The van der Waals surface area contributed by atoms with Gasteiger partial charge in [-0.15, -0.1) is 0 Å². The van der Waals surface area contributed by atoms with Crippen LogP contribution in [-0.2, 0) is 30.5 Å². The molecule has 0 aliphatic heterocycles. The molecule has 0 aliphatic carbocycles. The van der Waals surface area contributed by atoms with Crippen LogP contribution in [0.5, 0.6) is 0 Å². The molecule has 0 bridgehead atoms. The van der Waals surface area contributed by atoms with Crippen molar-refractivity contribution in [2.24, 2.45) is 11.8 Å². The number of unbranched alkanes of at least 4 members (excludes halogenated alkanes) is 2. The van der Waals surface area contributed by atoms with Gasteiger partial charge >= 0.3 is 11.9 Å². The molecule has 0 aliphatic rings. The summed E-state index contributed by atoms with van der Waals surface area (Å²) < 4.78 is 11.0. The zero-order valence-corrected chi connectivity index (χ0v) is 20.6. The quantitative estimate of drug-likeness (QED) is 0.225. The molecule has 164 valence electrons. The van der Waals surface area contributed by atoms with Gasteiger partial charge in [0.25, 0.3) is 0 Å². The molecule has 0 heterocycles. The van der Waals surface area contributed by atoms with Gasteiger partial charge in [0.15, 0.2) is 0 Å². The summed E-state index contributed by atoms with van der Waals surface area (Å²) >= 11 is 0. The van der Waals surface area contributed by atoms with Crippen molar-refractivity contribution >= 4 is 11.9 Å². The average molecular weight is 487 g/mol. The van der Waals surface area contributed by atoms with E-state index in [1.54, 1.807) is 24.3 Å². The van der Waals surface area contributed by atoms with Crippen LogP contribution in [0.1, 0.15) is 99.8 Å². The zero-order valence-electron chi connectivity index (χ0n) is 18.6. The van der Waals surface area contributed by atoms with E-state index in [9.17, 15) is 9.59 Å². The average Bonchev–Trinajstić information content (AvgIpc) is 2.73. The molecule has 29 heavy (non-hydrogen) atoms. The van der Waals surface area contributed by atoms with Gasteiger partial charge in [-0.2, -0.15) is 0 Å². The molecule has 1 aromatic carbocycles. The summed E-state index contributed by atoms with van der Waals surface area (Å²) in [4.78, 5) is 25.1. The number of hydrogen-bond donors (Lipinski definition) is 0. The van der Waals surface area contributed by atoms with E-state index in [2.05, 4.69) is 27.7 Å². The first-order valence-electron chi connectivity index (χ1n) is 11.0. The Balaban J connectivity index is 0.00000784. The first-order valence-corrected chi connectivity index (χ1v) is 11.0. The van der Waals surface area contributed by atoms with Crippen molar-refractivity contribution in [3.63, 3.8) is 0 Å². The standard InChI is InChI=1S/C24H38O4.Mo/c1-5-9-13-19(7-3)17-27-23(25)21-15-11-12-16-22(21)24(26)28-18-20(8-4)14-10-6-2;/h11-12,15-16,19-20H,5-10,13-14,17-18H2,1-4H3;. The van der Waals surface area contributed by atoms with Crippen LogP contribution in [0.25, 0.3) is 0 Å². The van der Waals surface area contributed by atoms with Gasteiger partial charge in [-0.3, -0.25) is 0 Å². The monoisotopic (exact) mass is 488 g/mol. The van der Waals surface area contributed by atoms with Crippen molar-refractivity contribution in [3.8, 4) is 0 Å². The van der Waals surface area contributed by atoms with Gasteiger partial charge in [0.1, 0.15) is 0 Å². The third-order valence-corrected chi connectivity index (χ3v) is 5.35. The first kappa shape index (κ1) is 27.8. The molecule has 5 heteroatoms. The van der Waals surface area contributed by atoms with Crippen LogP contribution in [-0.4, -0.2) is 25.2 Å². The van der Waals surface area contributed by atoms with Crippen molar-refractivity contribution in [1.82, 2.24) is 0 Å². The molecule has 0 aromatic heterocycles. The Morgan fingerprint density at radius 1 is 0.759 bits per heavy atom. The maximum absolute atomic E-state index is 12.6. The largest absolute Gasteiger partial charge is 0.462 e. The van der Waals surface area contributed by atoms with Crippen LogP contribution in [0.3, 0.4) is 0 Å². The normalized spacial score (nSPS) is 12.6. The van der Waals surface area contributed by atoms with Crippen molar-refractivity contribution in [2.45, 2.75) is 79.1 Å². The van der Waals surface area contributed by atoms with Gasteiger partial charge in [0, 0.05) is 21.1 Å². The molecular formula is C24H38MoO4. The molecular weight excluding hydrogens is 448 g/mol. The fraction of sp³-hybridized carbons (Fsp3) is 0.667. The van der Waals surface area contributed by atoms with Gasteiger partial charge < -0.3 is 9.47 Å². The second kappa shape index (κ2) is 16.6. The molecule has 0 saturated heterocycles. The predicted molar refractivity (Wildman–Crippen MR) is 114 cm³/mol. The van der Waals surface area contributed by atoms with E-state index in [1.807, 2.05) is 0 Å². The Morgan fingerprint density at radius 3 is 1.45 bits per heavy atom. The Labute approximate surface area is 191 Å². The summed E-state index contributed by atoms with van der Waals surface area (Å²) in [6.07, 6.45) is 8.61. The van der Waals surface area contributed by atoms with Gasteiger partial charge in [0.2, 0.25) is 0 Å². The first-order chi connectivity index (χ1) is 13.6. The fourth-order valence-corrected chi connectivity index (χ4v) is 3.18. The van der Waals surface area contributed by atoms with Crippen LogP contribution < -0.4 is 0 Å². The number of ether oxygens (including phenoxy) is 2. The molecule has 1 aromatic rings.